The van der Waals surface area contributed by atoms with Crippen molar-refractivity contribution in [3.05, 3.63) is 69.5 Å². The summed E-state index contributed by atoms with van der Waals surface area (Å²) in [6, 6.07) is 13.4. The number of thioether (sulfide) groups is 1. The minimum Gasteiger partial charge on any atom is -0.463 e. The molecular formula is C21H21ClN4O4S. The first-order valence-corrected chi connectivity index (χ1v) is 10.7. The number of hydrogen-bond acceptors (Lipinski definition) is 7. The Bertz CT molecular complexity index is 1150. The van der Waals surface area contributed by atoms with Gasteiger partial charge in [0.2, 0.25) is 5.91 Å². The Morgan fingerprint density at radius 2 is 1.97 bits per heavy atom. The van der Waals surface area contributed by atoms with Crippen LogP contribution in [0.2, 0.25) is 5.02 Å². The maximum absolute atomic E-state index is 12.4. The van der Waals surface area contributed by atoms with Crippen LogP contribution in [0.1, 0.15) is 5.56 Å². The first kappa shape index (κ1) is 22.7. The molecule has 0 fully saturated rings. The number of anilines is 1. The number of carbonyl (C=O) groups is 1. The highest BCUT2D eigenvalue weighted by molar-refractivity contribution is 8.13. The number of nitrogens with two attached hydrogens (primary N) is 2. The van der Waals surface area contributed by atoms with Crippen molar-refractivity contribution in [1.29, 1.82) is 5.41 Å². The van der Waals surface area contributed by atoms with Crippen LogP contribution >= 0.6 is 23.4 Å². The summed E-state index contributed by atoms with van der Waals surface area (Å²) >= 11 is 7.41. The highest BCUT2D eigenvalue weighted by Crippen LogP contribution is 2.32. The van der Waals surface area contributed by atoms with Crippen molar-refractivity contribution in [2.45, 2.75) is 12.5 Å². The van der Waals surface area contributed by atoms with E-state index in [1.165, 1.54) is 6.07 Å². The van der Waals surface area contributed by atoms with Gasteiger partial charge in [0.25, 0.3) is 0 Å². The Balaban J connectivity index is 1.72. The lowest BCUT2D eigenvalue weighted by molar-refractivity contribution is -0.117. The SMILES string of the molecule is N=C(N)SCCOc1oc(=O)c2cc(NC(=O)[C@@H](N)Cc3ccccc3)ccc2c1Cl. The zero-order valence-electron chi connectivity index (χ0n) is 16.4. The van der Waals surface area contributed by atoms with Crippen molar-refractivity contribution in [1.82, 2.24) is 0 Å². The fourth-order valence-corrected chi connectivity index (χ4v) is 3.50. The molecule has 162 valence electrons. The van der Waals surface area contributed by atoms with E-state index in [-0.39, 0.29) is 34.0 Å². The summed E-state index contributed by atoms with van der Waals surface area (Å²) in [6.07, 6.45) is 0.386. The second kappa shape index (κ2) is 10.3. The van der Waals surface area contributed by atoms with Crippen molar-refractivity contribution < 1.29 is 13.9 Å². The standard InChI is InChI=1S/C21H21ClN4O4S/c22-17-14-7-6-13(26-18(27)16(23)10-12-4-2-1-3-5-12)11-15(14)19(28)30-20(17)29-8-9-31-21(24)25/h1-7,11,16H,8-10,23H2,(H3,24,25)(H,26,27)/t16-/m0/s1. The van der Waals surface area contributed by atoms with Crippen LogP contribution in [0.3, 0.4) is 0 Å². The molecule has 1 heterocycles. The Hall–Kier alpha value is -3.01. The van der Waals surface area contributed by atoms with E-state index in [1.54, 1.807) is 12.1 Å². The Morgan fingerprint density at radius 1 is 1.23 bits per heavy atom. The molecule has 1 aromatic heterocycles. The van der Waals surface area contributed by atoms with Crippen LogP contribution in [0.25, 0.3) is 10.8 Å². The molecule has 0 unspecified atom stereocenters. The van der Waals surface area contributed by atoms with Crippen molar-refractivity contribution in [3.63, 3.8) is 0 Å². The molecule has 0 aliphatic carbocycles. The van der Waals surface area contributed by atoms with Crippen molar-refractivity contribution in [2.75, 3.05) is 17.7 Å². The maximum atomic E-state index is 12.4. The average molecular weight is 461 g/mol. The molecule has 1 atom stereocenters. The minimum atomic E-state index is -0.748. The third-order valence-corrected chi connectivity index (χ3v) is 5.36. The van der Waals surface area contributed by atoms with Gasteiger partial charge in [-0.25, -0.2) is 4.79 Å². The zero-order chi connectivity index (χ0) is 22.4. The number of ether oxygens (including phenoxy) is 1. The van der Waals surface area contributed by atoms with Gasteiger partial charge >= 0.3 is 11.6 Å². The van der Waals surface area contributed by atoms with E-state index in [9.17, 15) is 9.59 Å². The number of amidine groups is 1. The molecule has 0 spiro atoms. The second-order valence-corrected chi connectivity index (χ2v) is 8.11. The summed E-state index contributed by atoms with van der Waals surface area (Å²) in [5, 5.41) is 10.6. The third-order valence-electron chi connectivity index (χ3n) is 4.32. The summed E-state index contributed by atoms with van der Waals surface area (Å²) in [4.78, 5) is 24.8. The van der Waals surface area contributed by atoms with Crippen LogP contribution in [-0.2, 0) is 11.2 Å². The lowest BCUT2D eigenvalue weighted by Crippen LogP contribution is -2.37. The predicted octanol–water partition coefficient (Wildman–Crippen LogP) is 2.96. The van der Waals surface area contributed by atoms with E-state index < -0.39 is 11.7 Å². The summed E-state index contributed by atoms with van der Waals surface area (Å²) < 4.78 is 10.6. The van der Waals surface area contributed by atoms with Gasteiger partial charge in [-0.2, -0.15) is 0 Å². The number of nitrogens with one attached hydrogen (secondary N) is 2. The van der Waals surface area contributed by atoms with Crippen LogP contribution in [0.4, 0.5) is 5.69 Å². The van der Waals surface area contributed by atoms with Gasteiger partial charge in [-0.15, -0.1) is 0 Å². The van der Waals surface area contributed by atoms with Gasteiger partial charge in [-0.05, 0) is 24.1 Å². The lowest BCUT2D eigenvalue weighted by Gasteiger charge is -2.13. The largest absolute Gasteiger partial charge is 0.463 e. The molecule has 0 saturated carbocycles. The molecule has 0 radical (unpaired) electrons. The monoisotopic (exact) mass is 460 g/mol. The fourth-order valence-electron chi connectivity index (χ4n) is 2.85. The van der Waals surface area contributed by atoms with E-state index >= 15 is 0 Å². The van der Waals surface area contributed by atoms with E-state index in [2.05, 4.69) is 5.32 Å². The molecule has 0 bridgehead atoms. The van der Waals surface area contributed by atoms with Gasteiger partial charge in [0, 0.05) is 16.8 Å². The number of fused-ring (bicyclic) bond motifs is 1. The van der Waals surface area contributed by atoms with Gasteiger partial charge in [-0.1, -0.05) is 59.8 Å². The van der Waals surface area contributed by atoms with E-state index in [4.69, 9.17) is 37.6 Å². The molecule has 8 nitrogen and oxygen atoms in total. The summed E-state index contributed by atoms with van der Waals surface area (Å²) in [5.74, 6) is -0.0756. The number of carbonyl (C=O) groups excluding carboxylic acids is 1. The van der Waals surface area contributed by atoms with Crippen molar-refractivity contribution in [2.24, 2.45) is 11.5 Å². The molecular weight excluding hydrogens is 440 g/mol. The summed E-state index contributed by atoms with van der Waals surface area (Å²) in [5.41, 5.74) is 12.0. The smallest absolute Gasteiger partial charge is 0.346 e. The molecule has 0 aliphatic heterocycles. The summed E-state index contributed by atoms with van der Waals surface area (Å²) in [7, 11) is 0. The lowest BCUT2D eigenvalue weighted by atomic mass is 10.1. The van der Waals surface area contributed by atoms with E-state index in [1.807, 2.05) is 30.3 Å². The summed E-state index contributed by atoms with van der Waals surface area (Å²) in [6.45, 7) is 0.159. The van der Waals surface area contributed by atoms with Gasteiger partial charge in [-0.3, -0.25) is 10.2 Å². The molecule has 10 heteroatoms. The highest BCUT2D eigenvalue weighted by atomic mass is 35.5. The van der Waals surface area contributed by atoms with Gasteiger partial charge < -0.3 is 25.9 Å². The second-order valence-electron chi connectivity index (χ2n) is 6.60. The van der Waals surface area contributed by atoms with Gasteiger partial charge in [0.05, 0.1) is 11.4 Å². The number of hydrogen-bond donors (Lipinski definition) is 4. The maximum Gasteiger partial charge on any atom is 0.346 e. The third kappa shape index (κ3) is 6.00. The van der Waals surface area contributed by atoms with E-state index in [0.29, 0.717) is 23.2 Å². The zero-order valence-corrected chi connectivity index (χ0v) is 18.0. The fraction of sp³-hybridized carbons (Fsp3) is 0.190. The Kier molecular flexibility index (Phi) is 7.56. The number of rotatable bonds is 8. The first-order valence-electron chi connectivity index (χ1n) is 9.31. The number of benzene rings is 2. The molecule has 3 aromatic rings. The van der Waals surface area contributed by atoms with Gasteiger partial charge in [0.1, 0.15) is 11.6 Å². The van der Waals surface area contributed by atoms with Crippen LogP contribution in [0, 0.1) is 5.41 Å². The quantitative estimate of drug-likeness (QED) is 0.230. The van der Waals surface area contributed by atoms with Crippen molar-refractivity contribution in [3.8, 4) is 5.95 Å². The topological polar surface area (TPSA) is 144 Å². The van der Waals surface area contributed by atoms with Crippen LogP contribution in [-0.4, -0.2) is 29.5 Å². The molecule has 31 heavy (non-hydrogen) atoms. The highest BCUT2D eigenvalue weighted by Gasteiger charge is 2.17. The van der Waals surface area contributed by atoms with Crippen molar-refractivity contribution >= 4 is 50.9 Å². The molecule has 6 N–H and O–H groups in total. The van der Waals surface area contributed by atoms with E-state index in [0.717, 1.165) is 17.3 Å². The number of amides is 1. The Labute approximate surface area is 187 Å². The van der Waals surface area contributed by atoms with Crippen LogP contribution in [0.15, 0.2) is 57.7 Å². The molecule has 3 rings (SSSR count). The molecule has 0 aliphatic rings. The normalized spacial score (nSPS) is 11.8. The number of halogens is 1. The van der Waals surface area contributed by atoms with Crippen LogP contribution in [0.5, 0.6) is 5.95 Å². The molecule has 1 amide bonds. The Morgan fingerprint density at radius 3 is 2.68 bits per heavy atom. The minimum absolute atomic E-state index is 0.0345. The van der Waals surface area contributed by atoms with Crippen LogP contribution < -0.4 is 27.1 Å². The molecule has 0 saturated heterocycles. The first-order chi connectivity index (χ1) is 14.8. The van der Waals surface area contributed by atoms with Gasteiger partial charge in [0.15, 0.2) is 5.17 Å². The molecule has 2 aromatic carbocycles. The predicted molar refractivity (Wildman–Crippen MR) is 124 cm³/mol. The average Bonchev–Trinajstić information content (AvgIpc) is 2.75.